The van der Waals surface area contributed by atoms with E-state index in [0.29, 0.717) is 22.3 Å². The van der Waals surface area contributed by atoms with Crippen molar-refractivity contribution in [2.24, 2.45) is 0 Å². The number of hydrogen-bond acceptors (Lipinski definition) is 3. The van der Waals surface area contributed by atoms with Crippen LogP contribution in [0, 0.1) is 6.92 Å². The largest absolute Gasteiger partial charge is 0.279 e. The fraction of sp³-hybridized carbons (Fsp3) is 0.0833. The van der Waals surface area contributed by atoms with Crippen molar-refractivity contribution in [3.63, 3.8) is 0 Å². The fourth-order valence-corrected chi connectivity index (χ4v) is 4.07. The first-order chi connectivity index (χ1) is 14.1. The Morgan fingerprint density at radius 3 is 2.38 bits per heavy atom. The summed E-state index contributed by atoms with van der Waals surface area (Å²) >= 11 is 7.76. The first kappa shape index (κ1) is 19.4. The number of carbonyl (C=O) groups is 1. The maximum absolute atomic E-state index is 13.4. The Kier molecular flexibility index (Phi) is 5.74. The zero-order chi connectivity index (χ0) is 20.2. The van der Waals surface area contributed by atoms with Crippen molar-refractivity contribution >= 4 is 34.0 Å². The summed E-state index contributed by atoms with van der Waals surface area (Å²) in [5, 5.41) is 3.07. The Hall–Kier alpha value is -2.95. The number of anilines is 1. The minimum atomic E-state index is -0.163. The van der Waals surface area contributed by atoms with Crippen LogP contribution < -0.4 is 4.90 Å². The highest BCUT2D eigenvalue weighted by atomic mass is 35.5. The minimum absolute atomic E-state index is 0.163. The summed E-state index contributed by atoms with van der Waals surface area (Å²) in [5.41, 5.74) is 4.58. The van der Waals surface area contributed by atoms with Gasteiger partial charge in [-0.15, -0.1) is 11.3 Å². The molecule has 0 atom stereocenters. The summed E-state index contributed by atoms with van der Waals surface area (Å²) in [7, 11) is 0. The molecule has 0 saturated carbocycles. The van der Waals surface area contributed by atoms with Crippen LogP contribution in [0.2, 0.25) is 5.02 Å². The van der Waals surface area contributed by atoms with Crippen LogP contribution >= 0.6 is 22.9 Å². The molecule has 0 unspecified atom stereocenters. The van der Waals surface area contributed by atoms with Gasteiger partial charge in [0.2, 0.25) is 0 Å². The second-order valence-electron chi connectivity index (χ2n) is 6.74. The van der Waals surface area contributed by atoms with E-state index in [9.17, 15) is 4.79 Å². The van der Waals surface area contributed by atoms with Crippen molar-refractivity contribution in [1.29, 1.82) is 0 Å². The second-order valence-corrected chi connectivity index (χ2v) is 7.98. The molecule has 0 fully saturated rings. The number of halogens is 1. The maximum Gasteiger partial charge on any atom is 0.261 e. The Labute approximate surface area is 179 Å². The molecule has 0 aliphatic heterocycles. The maximum atomic E-state index is 13.4. The van der Waals surface area contributed by atoms with E-state index >= 15 is 0 Å². The normalized spacial score (nSPS) is 10.7. The monoisotopic (exact) mass is 418 g/mol. The number of benzene rings is 3. The summed E-state index contributed by atoms with van der Waals surface area (Å²) in [6.45, 7) is 2.48. The SMILES string of the molecule is Cc1ccc(-c2csc(N(Cc3ccccc3)C(=O)c3ccccc3Cl)n2)cc1. The Bertz CT molecular complexity index is 1120. The van der Waals surface area contributed by atoms with E-state index in [0.717, 1.165) is 16.8 Å². The van der Waals surface area contributed by atoms with Crippen LogP contribution in [0.4, 0.5) is 5.13 Å². The zero-order valence-corrected chi connectivity index (χ0v) is 17.5. The Morgan fingerprint density at radius 1 is 0.966 bits per heavy atom. The standard InChI is InChI=1S/C24H19ClN2OS/c1-17-11-13-19(14-12-17)22-16-29-24(26-22)27(15-18-7-3-2-4-8-18)23(28)20-9-5-6-10-21(20)25/h2-14,16H,15H2,1H3. The van der Waals surface area contributed by atoms with Gasteiger partial charge in [-0.3, -0.25) is 9.69 Å². The van der Waals surface area contributed by atoms with Crippen LogP contribution in [0.3, 0.4) is 0 Å². The van der Waals surface area contributed by atoms with E-state index in [1.54, 1.807) is 17.0 Å². The van der Waals surface area contributed by atoms with Crippen LogP contribution in [0.15, 0.2) is 84.2 Å². The third-order valence-corrected chi connectivity index (χ3v) is 5.80. The molecule has 0 saturated heterocycles. The van der Waals surface area contributed by atoms with Crippen molar-refractivity contribution in [2.45, 2.75) is 13.5 Å². The molecule has 1 amide bonds. The van der Waals surface area contributed by atoms with Gasteiger partial charge in [-0.05, 0) is 24.6 Å². The molecule has 144 valence electrons. The molecule has 1 aromatic heterocycles. The van der Waals surface area contributed by atoms with Gasteiger partial charge in [-0.1, -0.05) is 83.9 Å². The highest BCUT2D eigenvalue weighted by Crippen LogP contribution is 2.30. The molecule has 0 N–H and O–H groups in total. The summed E-state index contributed by atoms with van der Waals surface area (Å²) in [5.74, 6) is -0.163. The van der Waals surface area contributed by atoms with Gasteiger partial charge in [0.25, 0.3) is 5.91 Å². The number of aromatic nitrogens is 1. The Balaban J connectivity index is 1.71. The van der Waals surface area contributed by atoms with E-state index in [4.69, 9.17) is 16.6 Å². The van der Waals surface area contributed by atoms with Crippen LogP contribution in [-0.2, 0) is 6.54 Å². The van der Waals surface area contributed by atoms with Gasteiger partial charge in [0.1, 0.15) is 0 Å². The first-order valence-electron chi connectivity index (χ1n) is 9.25. The molecule has 1 heterocycles. The first-order valence-corrected chi connectivity index (χ1v) is 10.5. The number of nitrogens with zero attached hydrogens (tertiary/aromatic N) is 2. The zero-order valence-electron chi connectivity index (χ0n) is 15.9. The number of carbonyl (C=O) groups excluding carboxylic acids is 1. The van der Waals surface area contributed by atoms with Gasteiger partial charge in [0.05, 0.1) is 22.8 Å². The van der Waals surface area contributed by atoms with Crippen molar-refractivity contribution in [1.82, 2.24) is 4.98 Å². The van der Waals surface area contributed by atoms with Crippen molar-refractivity contribution < 1.29 is 4.79 Å². The lowest BCUT2D eigenvalue weighted by atomic mass is 10.1. The summed E-state index contributed by atoms with van der Waals surface area (Å²) in [6.07, 6.45) is 0. The predicted molar refractivity (Wildman–Crippen MR) is 121 cm³/mol. The van der Waals surface area contributed by atoms with Gasteiger partial charge in [-0.25, -0.2) is 4.98 Å². The van der Waals surface area contributed by atoms with E-state index in [-0.39, 0.29) is 5.91 Å². The molecule has 0 spiro atoms. The minimum Gasteiger partial charge on any atom is -0.279 e. The van der Waals surface area contributed by atoms with Crippen molar-refractivity contribution in [2.75, 3.05) is 4.90 Å². The average molecular weight is 419 g/mol. The fourth-order valence-electron chi connectivity index (χ4n) is 3.02. The highest BCUT2D eigenvalue weighted by Gasteiger charge is 2.23. The van der Waals surface area contributed by atoms with E-state index in [1.807, 2.05) is 60.0 Å². The molecule has 0 aliphatic rings. The summed E-state index contributed by atoms with van der Waals surface area (Å²) in [4.78, 5) is 19.8. The smallest absolute Gasteiger partial charge is 0.261 e. The Morgan fingerprint density at radius 2 is 1.66 bits per heavy atom. The third-order valence-electron chi connectivity index (χ3n) is 4.60. The second kappa shape index (κ2) is 8.60. The molecule has 0 radical (unpaired) electrons. The van der Waals surface area contributed by atoms with E-state index < -0.39 is 0 Å². The number of rotatable bonds is 5. The van der Waals surface area contributed by atoms with Crippen LogP contribution in [0.1, 0.15) is 21.5 Å². The number of aryl methyl sites for hydroxylation is 1. The lowest BCUT2D eigenvalue weighted by Crippen LogP contribution is -2.30. The molecule has 0 bridgehead atoms. The molecule has 4 rings (SSSR count). The van der Waals surface area contributed by atoms with Gasteiger partial charge in [0.15, 0.2) is 5.13 Å². The molecule has 3 aromatic carbocycles. The molecular formula is C24H19ClN2OS. The molecule has 4 aromatic rings. The topological polar surface area (TPSA) is 33.2 Å². The molecular weight excluding hydrogens is 400 g/mol. The lowest BCUT2D eigenvalue weighted by molar-refractivity contribution is 0.0985. The summed E-state index contributed by atoms with van der Waals surface area (Å²) < 4.78 is 0. The van der Waals surface area contributed by atoms with Gasteiger partial charge >= 0.3 is 0 Å². The van der Waals surface area contributed by atoms with Crippen molar-refractivity contribution in [3.8, 4) is 11.3 Å². The molecule has 5 heteroatoms. The third kappa shape index (κ3) is 4.39. The van der Waals surface area contributed by atoms with Gasteiger partial charge < -0.3 is 0 Å². The van der Waals surface area contributed by atoms with Crippen LogP contribution in [0.5, 0.6) is 0 Å². The number of hydrogen-bond donors (Lipinski definition) is 0. The molecule has 3 nitrogen and oxygen atoms in total. The van der Waals surface area contributed by atoms with Crippen LogP contribution in [-0.4, -0.2) is 10.9 Å². The van der Waals surface area contributed by atoms with Crippen LogP contribution in [0.25, 0.3) is 11.3 Å². The molecule has 29 heavy (non-hydrogen) atoms. The molecule has 0 aliphatic carbocycles. The van der Waals surface area contributed by atoms with E-state index in [2.05, 4.69) is 19.1 Å². The van der Waals surface area contributed by atoms with Crippen molar-refractivity contribution in [3.05, 3.63) is 106 Å². The quantitative estimate of drug-likeness (QED) is 0.365. The predicted octanol–water partition coefficient (Wildman–Crippen LogP) is 6.62. The number of thiazole rings is 1. The summed E-state index contributed by atoms with van der Waals surface area (Å²) in [6, 6.07) is 25.2. The van der Waals surface area contributed by atoms with Gasteiger partial charge in [-0.2, -0.15) is 0 Å². The lowest BCUT2D eigenvalue weighted by Gasteiger charge is -2.20. The highest BCUT2D eigenvalue weighted by molar-refractivity contribution is 7.14. The van der Waals surface area contributed by atoms with Gasteiger partial charge in [0, 0.05) is 10.9 Å². The van der Waals surface area contributed by atoms with E-state index in [1.165, 1.54) is 16.9 Å². The number of amides is 1. The average Bonchev–Trinajstić information content (AvgIpc) is 3.23.